The summed E-state index contributed by atoms with van der Waals surface area (Å²) in [6.45, 7) is -0.165. The molecule has 0 amide bonds. The van der Waals surface area contributed by atoms with Gasteiger partial charge >= 0.3 is 0 Å². The largest absolute Gasteiger partial charge is 0.396 e. The summed E-state index contributed by atoms with van der Waals surface area (Å²) in [4.78, 5) is 7.64. The standard InChI is InChI=1S/C10H15ClFN5O/c11-8-7(13)9(17-10(14)16-8)15-5-1-4(3-18)6(12)2-5/h4-6,18H,1-3,13H2,(H3,14,15,16,17)/t4-,5-,6+/m1/s1. The summed E-state index contributed by atoms with van der Waals surface area (Å²) in [5.41, 5.74) is 11.4. The number of hydrogen-bond acceptors (Lipinski definition) is 6. The molecule has 1 aromatic heterocycles. The van der Waals surface area contributed by atoms with E-state index in [2.05, 4.69) is 15.3 Å². The summed E-state index contributed by atoms with van der Waals surface area (Å²) in [6.07, 6.45) is -0.214. The molecule has 1 aliphatic rings. The van der Waals surface area contributed by atoms with Crippen LogP contribution in [0.4, 0.5) is 21.8 Å². The number of anilines is 3. The van der Waals surface area contributed by atoms with E-state index in [0.29, 0.717) is 18.7 Å². The lowest BCUT2D eigenvalue weighted by atomic mass is 10.1. The average molecular weight is 276 g/mol. The molecule has 18 heavy (non-hydrogen) atoms. The van der Waals surface area contributed by atoms with Gasteiger partial charge in [-0.05, 0) is 12.8 Å². The summed E-state index contributed by atoms with van der Waals surface area (Å²) in [5, 5.41) is 12.1. The van der Waals surface area contributed by atoms with E-state index in [-0.39, 0.29) is 35.4 Å². The van der Waals surface area contributed by atoms with Crippen molar-refractivity contribution in [1.29, 1.82) is 0 Å². The Kier molecular flexibility index (Phi) is 3.72. The fraction of sp³-hybridized carbons (Fsp3) is 0.600. The Hall–Kier alpha value is -1.34. The lowest BCUT2D eigenvalue weighted by molar-refractivity contribution is 0.162. The highest BCUT2D eigenvalue weighted by Gasteiger charge is 2.34. The highest BCUT2D eigenvalue weighted by molar-refractivity contribution is 6.32. The predicted octanol–water partition coefficient (Wildman–Crippen LogP) is 0.815. The number of hydrogen-bond donors (Lipinski definition) is 4. The van der Waals surface area contributed by atoms with Crippen LogP contribution in [-0.4, -0.2) is 33.9 Å². The smallest absolute Gasteiger partial charge is 0.223 e. The van der Waals surface area contributed by atoms with Gasteiger partial charge in [0, 0.05) is 18.6 Å². The quantitative estimate of drug-likeness (QED) is 0.608. The van der Waals surface area contributed by atoms with Gasteiger partial charge in [-0.3, -0.25) is 0 Å². The third kappa shape index (κ3) is 2.56. The van der Waals surface area contributed by atoms with Crippen molar-refractivity contribution < 1.29 is 9.50 Å². The van der Waals surface area contributed by atoms with Gasteiger partial charge in [-0.25, -0.2) is 4.39 Å². The minimum Gasteiger partial charge on any atom is -0.396 e. The van der Waals surface area contributed by atoms with Gasteiger partial charge in [-0.1, -0.05) is 11.6 Å². The van der Waals surface area contributed by atoms with Crippen LogP contribution in [0, 0.1) is 5.92 Å². The molecule has 3 atom stereocenters. The second-order valence-corrected chi connectivity index (χ2v) is 4.76. The number of aliphatic hydroxyl groups excluding tert-OH is 1. The summed E-state index contributed by atoms with van der Waals surface area (Å²) < 4.78 is 13.5. The Morgan fingerprint density at radius 2 is 2.11 bits per heavy atom. The van der Waals surface area contributed by atoms with E-state index in [4.69, 9.17) is 28.2 Å². The van der Waals surface area contributed by atoms with Gasteiger partial charge in [0.05, 0.1) is 0 Å². The fourth-order valence-corrected chi connectivity index (χ4v) is 2.32. The van der Waals surface area contributed by atoms with Gasteiger partial charge in [0.1, 0.15) is 11.9 Å². The molecule has 1 heterocycles. The van der Waals surface area contributed by atoms with E-state index in [1.54, 1.807) is 0 Å². The maximum absolute atomic E-state index is 13.5. The molecule has 1 aromatic rings. The van der Waals surface area contributed by atoms with E-state index in [0.717, 1.165) is 0 Å². The van der Waals surface area contributed by atoms with Crippen molar-refractivity contribution in [2.75, 3.05) is 23.4 Å². The topological polar surface area (TPSA) is 110 Å². The van der Waals surface area contributed by atoms with Gasteiger partial charge in [-0.15, -0.1) is 0 Å². The molecular weight excluding hydrogens is 261 g/mol. The maximum atomic E-state index is 13.5. The van der Waals surface area contributed by atoms with Crippen LogP contribution in [0.25, 0.3) is 0 Å². The number of aromatic nitrogens is 2. The van der Waals surface area contributed by atoms with Crippen LogP contribution in [0.2, 0.25) is 5.15 Å². The third-order valence-corrected chi connectivity index (χ3v) is 3.39. The van der Waals surface area contributed by atoms with Crippen molar-refractivity contribution in [3.05, 3.63) is 5.15 Å². The molecule has 0 bridgehead atoms. The Bertz CT molecular complexity index is 447. The summed E-state index contributed by atoms with van der Waals surface area (Å²) >= 11 is 5.78. The van der Waals surface area contributed by atoms with Crippen LogP contribution >= 0.6 is 11.6 Å². The van der Waals surface area contributed by atoms with E-state index in [1.807, 2.05) is 0 Å². The number of nitrogen functional groups attached to an aromatic ring is 2. The van der Waals surface area contributed by atoms with Crippen LogP contribution < -0.4 is 16.8 Å². The molecule has 0 aliphatic heterocycles. The molecule has 2 rings (SSSR count). The van der Waals surface area contributed by atoms with Gasteiger partial charge < -0.3 is 21.9 Å². The zero-order valence-corrected chi connectivity index (χ0v) is 10.4. The first-order valence-corrected chi connectivity index (χ1v) is 5.99. The second kappa shape index (κ2) is 5.11. The molecule has 8 heteroatoms. The zero-order valence-electron chi connectivity index (χ0n) is 9.61. The van der Waals surface area contributed by atoms with Crippen molar-refractivity contribution in [2.45, 2.75) is 25.1 Å². The molecule has 1 aliphatic carbocycles. The first kappa shape index (κ1) is 13.1. The summed E-state index contributed by atoms with van der Waals surface area (Å²) in [7, 11) is 0. The molecule has 1 fully saturated rings. The molecule has 0 unspecified atom stereocenters. The Morgan fingerprint density at radius 3 is 2.72 bits per heavy atom. The lowest BCUT2D eigenvalue weighted by Gasteiger charge is -2.15. The number of nitrogens with two attached hydrogens (primary N) is 2. The monoisotopic (exact) mass is 275 g/mol. The normalized spacial score (nSPS) is 27.4. The van der Waals surface area contributed by atoms with Crippen LogP contribution in [0.1, 0.15) is 12.8 Å². The Balaban J connectivity index is 2.11. The van der Waals surface area contributed by atoms with E-state index in [1.165, 1.54) is 0 Å². The second-order valence-electron chi connectivity index (χ2n) is 4.41. The van der Waals surface area contributed by atoms with Crippen LogP contribution in [0.3, 0.4) is 0 Å². The Labute approximate surface area is 109 Å². The average Bonchev–Trinajstić information content (AvgIpc) is 2.65. The lowest BCUT2D eigenvalue weighted by Crippen LogP contribution is -2.19. The number of nitrogens with one attached hydrogen (secondary N) is 1. The molecule has 6 N–H and O–H groups in total. The molecule has 0 saturated heterocycles. The van der Waals surface area contributed by atoms with Crippen LogP contribution in [0.5, 0.6) is 0 Å². The van der Waals surface area contributed by atoms with Crippen LogP contribution in [0.15, 0.2) is 0 Å². The van der Waals surface area contributed by atoms with Crippen molar-refractivity contribution in [2.24, 2.45) is 5.92 Å². The van der Waals surface area contributed by atoms with E-state index >= 15 is 0 Å². The molecule has 6 nitrogen and oxygen atoms in total. The van der Waals surface area contributed by atoms with Gasteiger partial charge in [0.2, 0.25) is 5.95 Å². The molecular formula is C10H15ClFN5O. The fourth-order valence-electron chi connectivity index (χ4n) is 2.14. The number of aliphatic hydroxyl groups is 1. The number of nitrogens with zero attached hydrogens (tertiary/aromatic N) is 2. The first-order valence-electron chi connectivity index (χ1n) is 5.61. The van der Waals surface area contributed by atoms with Gasteiger partial charge in [0.15, 0.2) is 11.0 Å². The van der Waals surface area contributed by atoms with Gasteiger partial charge in [0.25, 0.3) is 0 Å². The van der Waals surface area contributed by atoms with Crippen molar-refractivity contribution >= 4 is 29.1 Å². The van der Waals surface area contributed by atoms with Gasteiger partial charge in [-0.2, -0.15) is 9.97 Å². The SMILES string of the molecule is Nc1nc(Cl)c(N)c(N[C@@H]2C[C@H](CO)[C@@H](F)C2)n1. The van der Waals surface area contributed by atoms with Crippen LogP contribution in [-0.2, 0) is 0 Å². The summed E-state index contributed by atoms with van der Waals surface area (Å²) in [5.74, 6) is -0.0353. The zero-order chi connectivity index (χ0) is 13.3. The van der Waals surface area contributed by atoms with Crippen molar-refractivity contribution in [1.82, 2.24) is 9.97 Å². The minimum absolute atomic E-state index is 0.00482. The van der Waals surface area contributed by atoms with E-state index in [9.17, 15) is 4.39 Å². The maximum Gasteiger partial charge on any atom is 0.223 e. The minimum atomic E-state index is -1.02. The Morgan fingerprint density at radius 1 is 1.39 bits per heavy atom. The van der Waals surface area contributed by atoms with E-state index < -0.39 is 6.17 Å². The van der Waals surface area contributed by atoms with Crippen molar-refractivity contribution in [3.8, 4) is 0 Å². The number of alkyl halides is 1. The van der Waals surface area contributed by atoms with Crippen molar-refractivity contribution in [3.63, 3.8) is 0 Å². The first-order chi connectivity index (χ1) is 8.51. The number of rotatable bonds is 3. The third-order valence-electron chi connectivity index (χ3n) is 3.10. The molecule has 1 saturated carbocycles. The molecule has 0 spiro atoms. The number of halogens is 2. The molecule has 0 aromatic carbocycles. The highest BCUT2D eigenvalue weighted by Crippen LogP contribution is 2.32. The predicted molar refractivity (Wildman–Crippen MR) is 68.0 cm³/mol. The molecule has 0 radical (unpaired) electrons. The highest BCUT2D eigenvalue weighted by atomic mass is 35.5. The summed E-state index contributed by atoms with van der Waals surface area (Å²) in [6, 6.07) is -0.148. The molecule has 100 valence electrons.